The highest BCUT2D eigenvalue weighted by molar-refractivity contribution is 5.85. The second kappa shape index (κ2) is 5.76. The fourth-order valence-electron chi connectivity index (χ4n) is 2.64. The minimum atomic E-state index is -0.0917. The maximum absolute atomic E-state index is 12.0. The van der Waals surface area contributed by atoms with Gasteiger partial charge in [-0.1, -0.05) is 6.92 Å². The van der Waals surface area contributed by atoms with E-state index >= 15 is 0 Å². The first-order valence-electron chi connectivity index (χ1n) is 6.64. The van der Waals surface area contributed by atoms with E-state index in [0.717, 1.165) is 38.9 Å². The normalized spacial score (nSPS) is 23.9. The van der Waals surface area contributed by atoms with Crippen LogP contribution in [-0.2, 0) is 9.53 Å². The van der Waals surface area contributed by atoms with Gasteiger partial charge < -0.3 is 15.0 Å². The Morgan fingerprint density at radius 2 is 2.00 bits per heavy atom. The largest absolute Gasteiger partial charge is 0.363 e. The van der Waals surface area contributed by atoms with Crippen LogP contribution in [0.2, 0.25) is 0 Å². The molecular weight excluding hydrogens is 252 g/mol. The van der Waals surface area contributed by atoms with Gasteiger partial charge in [-0.2, -0.15) is 0 Å². The van der Waals surface area contributed by atoms with Crippen molar-refractivity contribution in [3.8, 4) is 0 Å². The first-order chi connectivity index (χ1) is 7.99. The van der Waals surface area contributed by atoms with Gasteiger partial charge in [0.05, 0.1) is 12.1 Å². The second-order valence-corrected chi connectivity index (χ2v) is 5.87. The smallest absolute Gasteiger partial charge is 0.249 e. The third kappa shape index (κ3) is 2.98. The number of morpholine rings is 1. The number of piperidine rings is 1. The summed E-state index contributed by atoms with van der Waals surface area (Å²) in [4.78, 5) is 14.0. The molecule has 1 amide bonds. The molecule has 2 aliphatic heterocycles. The van der Waals surface area contributed by atoms with Crippen molar-refractivity contribution in [1.82, 2.24) is 10.2 Å². The van der Waals surface area contributed by atoms with Crippen molar-refractivity contribution in [3.63, 3.8) is 0 Å². The van der Waals surface area contributed by atoms with Gasteiger partial charge in [-0.3, -0.25) is 4.79 Å². The van der Waals surface area contributed by atoms with Gasteiger partial charge in [0.2, 0.25) is 5.91 Å². The van der Waals surface area contributed by atoms with Crippen molar-refractivity contribution in [3.05, 3.63) is 0 Å². The standard InChI is InChI=1S/C13H24N2O2.ClH/c1-4-12(2,3)15-10-13(17-9-11(15)16)5-7-14-8-6-13;/h14H,4-10H2,1-3H3;1H. The Kier molecular flexibility index (Phi) is 5.04. The van der Waals surface area contributed by atoms with Crippen LogP contribution in [0.1, 0.15) is 40.0 Å². The third-order valence-corrected chi connectivity index (χ3v) is 4.36. The Morgan fingerprint density at radius 1 is 1.39 bits per heavy atom. The van der Waals surface area contributed by atoms with Crippen molar-refractivity contribution in [2.45, 2.75) is 51.2 Å². The molecule has 0 bridgehead atoms. The maximum atomic E-state index is 12.0. The van der Waals surface area contributed by atoms with Gasteiger partial charge in [0.15, 0.2) is 0 Å². The van der Waals surface area contributed by atoms with E-state index < -0.39 is 0 Å². The molecule has 2 saturated heterocycles. The molecular formula is C13H25ClN2O2. The van der Waals surface area contributed by atoms with Crippen LogP contribution in [0, 0.1) is 0 Å². The minimum Gasteiger partial charge on any atom is -0.363 e. The molecule has 0 unspecified atom stereocenters. The number of hydrogen-bond acceptors (Lipinski definition) is 3. The number of carbonyl (C=O) groups is 1. The molecule has 2 heterocycles. The topological polar surface area (TPSA) is 41.6 Å². The summed E-state index contributed by atoms with van der Waals surface area (Å²) in [6.45, 7) is 9.43. The van der Waals surface area contributed by atoms with E-state index in [-0.39, 0.29) is 36.1 Å². The lowest BCUT2D eigenvalue weighted by atomic mass is 9.87. The molecule has 0 radical (unpaired) electrons. The number of rotatable bonds is 2. The molecule has 5 heteroatoms. The van der Waals surface area contributed by atoms with E-state index in [1.807, 2.05) is 4.90 Å². The lowest BCUT2D eigenvalue weighted by Gasteiger charge is -2.50. The van der Waals surface area contributed by atoms with Gasteiger partial charge in [0.1, 0.15) is 6.61 Å². The Labute approximate surface area is 116 Å². The van der Waals surface area contributed by atoms with Crippen LogP contribution in [0.4, 0.5) is 0 Å². The number of carbonyl (C=O) groups excluding carboxylic acids is 1. The zero-order valence-electron chi connectivity index (χ0n) is 11.6. The summed E-state index contributed by atoms with van der Waals surface area (Å²) >= 11 is 0. The number of ether oxygens (including phenoxy) is 1. The average molecular weight is 277 g/mol. The molecule has 2 fully saturated rings. The molecule has 106 valence electrons. The molecule has 18 heavy (non-hydrogen) atoms. The summed E-state index contributed by atoms with van der Waals surface area (Å²) in [6, 6.07) is 0. The molecule has 1 N–H and O–H groups in total. The molecule has 1 spiro atoms. The average Bonchev–Trinajstić information content (AvgIpc) is 2.34. The Hall–Kier alpha value is -0.320. The molecule has 0 aromatic rings. The summed E-state index contributed by atoms with van der Waals surface area (Å²) in [7, 11) is 0. The highest BCUT2D eigenvalue weighted by atomic mass is 35.5. The summed E-state index contributed by atoms with van der Waals surface area (Å²) in [5, 5.41) is 3.35. The van der Waals surface area contributed by atoms with Gasteiger partial charge in [-0.15, -0.1) is 12.4 Å². The number of nitrogens with one attached hydrogen (secondary N) is 1. The molecule has 2 rings (SSSR count). The predicted octanol–water partition coefficient (Wildman–Crippen LogP) is 1.58. The predicted molar refractivity (Wildman–Crippen MR) is 74.1 cm³/mol. The van der Waals surface area contributed by atoms with Crippen molar-refractivity contribution in [2.24, 2.45) is 0 Å². The molecule has 2 aliphatic rings. The van der Waals surface area contributed by atoms with E-state index in [1.54, 1.807) is 0 Å². The Morgan fingerprint density at radius 3 is 2.56 bits per heavy atom. The van der Waals surface area contributed by atoms with E-state index in [4.69, 9.17) is 4.74 Å². The molecule has 0 atom stereocenters. The quantitative estimate of drug-likeness (QED) is 0.833. The fourth-order valence-corrected chi connectivity index (χ4v) is 2.64. The summed E-state index contributed by atoms with van der Waals surface area (Å²) in [6.07, 6.45) is 3.00. The fraction of sp³-hybridized carbons (Fsp3) is 0.923. The third-order valence-electron chi connectivity index (χ3n) is 4.36. The molecule has 4 nitrogen and oxygen atoms in total. The summed E-state index contributed by atoms with van der Waals surface area (Å²) in [5.41, 5.74) is -0.148. The highest BCUT2D eigenvalue weighted by Crippen LogP contribution is 2.32. The van der Waals surface area contributed by atoms with Crippen LogP contribution < -0.4 is 5.32 Å². The van der Waals surface area contributed by atoms with Crippen LogP contribution >= 0.6 is 12.4 Å². The molecule has 0 aromatic carbocycles. The lowest BCUT2D eigenvalue weighted by Crippen LogP contribution is -2.63. The highest BCUT2D eigenvalue weighted by Gasteiger charge is 2.44. The van der Waals surface area contributed by atoms with Crippen LogP contribution in [0.3, 0.4) is 0 Å². The van der Waals surface area contributed by atoms with E-state index in [9.17, 15) is 4.79 Å². The molecule has 0 saturated carbocycles. The number of amides is 1. The van der Waals surface area contributed by atoms with Crippen molar-refractivity contribution in [2.75, 3.05) is 26.2 Å². The number of halogens is 1. The first kappa shape index (κ1) is 15.7. The monoisotopic (exact) mass is 276 g/mol. The van der Waals surface area contributed by atoms with Crippen molar-refractivity contribution in [1.29, 1.82) is 0 Å². The van der Waals surface area contributed by atoms with Gasteiger partial charge >= 0.3 is 0 Å². The van der Waals surface area contributed by atoms with E-state index in [1.165, 1.54) is 0 Å². The first-order valence-corrected chi connectivity index (χ1v) is 6.64. The zero-order chi connectivity index (χ0) is 12.5. The molecule has 0 aliphatic carbocycles. The second-order valence-electron chi connectivity index (χ2n) is 5.87. The van der Waals surface area contributed by atoms with E-state index in [2.05, 4.69) is 26.1 Å². The SMILES string of the molecule is CCC(C)(C)N1CC2(CCNCC2)OCC1=O.Cl. The Bertz CT molecular complexity index is 301. The molecule has 0 aromatic heterocycles. The van der Waals surface area contributed by atoms with Crippen LogP contribution in [0.5, 0.6) is 0 Å². The lowest BCUT2D eigenvalue weighted by molar-refractivity contribution is -0.177. The maximum Gasteiger partial charge on any atom is 0.249 e. The Balaban J connectivity index is 0.00000162. The van der Waals surface area contributed by atoms with Crippen LogP contribution in [0.25, 0.3) is 0 Å². The van der Waals surface area contributed by atoms with Gasteiger partial charge in [0, 0.05) is 5.54 Å². The van der Waals surface area contributed by atoms with Crippen molar-refractivity contribution >= 4 is 18.3 Å². The summed E-state index contributed by atoms with van der Waals surface area (Å²) in [5.74, 6) is 0.140. The zero-order valence-corrected chi connectivity index (χ0v) is 12.4. The van der Waals surface area contributed by atoms with Crippen LogP contribution in [-0.4, -0.2) is 48.2 Å². The van der Waals surface area contributed by atoms with E-state index in [0.29, 0.717) is 0 Å². The van der Waals surface area contributed by atoms with Crippen molar-refractivity contribution < 1.29 is 9.53 Å². The van der Waals surface area contributed by atoms with Crippen LogP contribution in [0.15, 0.2) is 0 Å². The summed E-state index contributed by atoms with van der Waals surface area (Å²) < 4.78 is 5.86. The van der Waals surface area contributed by atoms with Gasteiger partial charge in [0.25, 0.3) is 0 Å². The number of nitrogens with zero attached hydrogens (tertiary/aromatic N) is 1. The minimum absolute atomic E-state index is 0. The number of hydrogen-bond donors (Lipinski definition) is 1. The van der Waals surface area contributed by atoms with Gasteiger partial charge in [-0.25, -0.2) is 0 Å². The van der Waals surface area contributed by atoms with Gasteiger partial charge in [-0.05, 0) is 46.2 Å².